The number of nitrogens with two attached hydrogens (primary N) is 1. The second kappa shape index (κ2) is 5.76. The summed E-state index contributed by atoms with van der Waals surface area (Å²) >= 11 is 6.03. The molecule has 0 aliphatic rings. The lowest BCUT2D eigenvalue weighted by atomic mass is 10.0. The highest BCUT2D eigenvalue weighted by Gasteiger charge is 2.17. The van der Waals surface area contributed by atoms with Crippen molar-refractivity contribution in [3.63, 3.8) is 0 Å². The Hall–Kier alpha value is -2.00. The van der Waals surface area contributed by atoms with E-state index in [4.69, 9.17) is 17.3 Å². The first-order valence-corrected chi connectivity index (χ1v) is 6.37. The number of nitrogen functional groups attached to an aromatic ring is 1. The Labute approximate surface area is 117 Å². The van der Waals surface area contributed by atoms with Crippen LogP contribution in [0.15, 0.2) is 48.5 Å². The van der Waals surface area contributed by atoms with Crippen LogP contribution in [0.2, 0.25) is 5.02 Å². The van der Waals surface area contributed by atoms with Gasteiger partial charge in [-0.15, -0.1) is 0 Å². The molecule has 0 spiro atoms. The second-order valence-corrected chi connectivity index (χ2v) is 4.73. The molecule has 1 amide bonds. The van der Waals surface area contributed by atoms with Crippen LogP contribution in [-0.2, 0) is 4.79 Å². The molecule has 0 radical (unpaired) electrons. The number of benzene rings is 2. The summed E-state index contributed by atoms with van der Waals surface area (Å²) in [5.74, 6) is -0.400. The Morgan fingerprint density at radius 2 is 1.84 bits per heavy atom. The lowest BCUT2D eigenvalue weighted by Gasteiger charge is -2.14. The first kappa shape index (κ1) is 13.4. The van der Waals surface area contributed by atoms with E-state index in [1.165, 1.54) is 0 Å². The van der Waals surface area contributed by atoms with Crippen LogP contribution in [0.5, 0.6) is 0 Å². The van der Waals surface area contributed by atoms with E-state index < -0.39 is 0 Å². The molecule has 3 N–H and O–H groups in total. The first-order valence-electron chi connectivity index (χ1n) is 5.99. The lowest BCUT2D eigenvalue weighted by Crippen LogP contribution is -2.19. The molecule has 2 aromatic carbocycles. The van der Waals surface area contributed by atoms with Crippen molar-refractivity contribution in [1.82, 2.24) is 0 Å². The molecule has 0 aromatic heterocycles. The zero-order valence-corrected chi connectivity index (χ0v) is 11.3. The average molecular weight is 275 g/mol. The quantitative estimate of drug-likeness (QED) is 0.839. The average Bonchev–Trinajstić information content (AvgIpc) is 2.43. The van der Waals surface area contributed by atoms with E-state index in [-0.39, 0.29) is 11.8 Å². The van der Waals surface area contributed by atoms with Crippen LogP contribution in [-0.4, -0.2) is 5.91 Å². The van der Waals surface area contributed by atoms with Crippen molar-refractivity contribution >= 4 is 28.9 Å². The number of amides is 1. The minimum atomic E-state index is -0.267. The van der Waals surface area contributed by atoms with Gasteiger partial charge in [0.05, 0.1) is 22.3 Å². The van der Waals surface area contributed by atoms with Gasteiger partial charge in [0, 0.05) is 0 Å². The Morgan fingerprint density at radius 1 is 1.16 bits per heavy atom. The normalized spacial score (nSPS) is 11.9. The molecular weight excluding hydrogens is 260 g/mol. The van der Waals surface area contributed by atoms with Gasteiger partial charge in [0.1, 0.15) is 0 Å². The van der Waals surface area contributed by atoms with Gasteiger partial charge in [-0.05, 0) is 24.6 Å². The smallest absolute Gasteiger partial charge is 0.231 e. The third-order valence-corrected chi connectivity index (χ3v) is 3.30. The molecule has 98 valence electrons. The molecule has 1 unspecified atom stereocenters. The predicted octanol–water partition coefficient (Wildman–Crippen LogP) is 3.66. The van der Waals surface area contributed by atoms with Crippen molar-refractivity contribution in [2.75, 3.05) is 11.1 Å². The summed E-state index contributed by atoms with van der Waals surface area (Å²) in [6, 6.07) is 14.7. The molecule has 0 saturated heterocycles. The molecule has 0 saturated carbocycles. The first-order chi connectivity index (χ1) is 9.09. The van der Waals surface area contributed by atoms with Gasteiger partial charge in [-0.25, -0.2) is 0 Å². The molecule has 4 heteroatoms. The fourth-order valence-electron chi connectivity index (χ4n) is 1.80. The Morgan fingerprint density at radius 3 is 2.47 bits per heavy atom. The summed E-state index contributed by atoms with van der Waals surface area (Å²) < 4.78 is 0. The van der Waals surface area contributed by atoms with Crippen molar-refractivity contribution in [2.24, 2.45) is 0 Å². The summed E-state index contributed by atoms with van der Waals surface area (Å²) in [5.41, 5.74) is 7.69. The fourth-order valence-corrected chi connectivity index (χ4v) is 2.03. The number of halogens is 1. The van der Waals surface area contributed by atoms with E-state index in [1.807, 2.05) is 37.3 Å². The van der Waals surface area contributed by atoms with Crippen molar-refractivity contribution in [3.8, 4) is 0 Å². The number of carbonyl (C=O) groups is 1. The Bertz CT molecular complexity index is 564. The van der Waals surface area contributed by atoms with E-state index in [2.05, 4.69) is 5.32 Å². The SMILES string of the molecule is CC(C(=O)Nc1c(N)cccc1Cl)c1ccccc1. The summed E-state index contributed by atoms with van der Waals surface area (Å²) in [7, 11) is 0. The molecule has 19 heavy (non-hydrogen) atoms. The molecule has 0 heterocycles. The molecule has 3 nitrogen and oxygen atoms in total. The summed E-state index contributed by atoms with van der Waals surface area (Å²) in [6.45, 7) is 1.84. The largest absolute Gasteiger partial charge is 0.397 e. The number of para-hydroxylation sites is 1. The van der Waals surface area contributed by atoms with E-state index in [0.29, 0.717) is 16.4 Å². The minimum Gasteiger partial charge on any atom is -0.397 e. The number of nitrogens with one attached hydrogen (secondary N) is 1. The standard InChI is InChI=1S/C15H15ClN2O/c1-10(11-6-3-2-4-7-11)15(19)18-14-12(16)8-5-9-13(14)17/h2-10H,17H2,1H3,(H,18,19). The van der Waals surface area contributed by atoms with Gasteiger partial charge in [-0.3, -0.25) is 4.79 Å². The molecule has 0 aliphatic heterocycles. The summed E-state index contributed by atoms with van der Waals surface area (Å²) in [5, 5.41) is 3.22. The fraction of sp³-hybridized carbons (Fsp3) is 0.133. The van der Waals surface area contributed by atoms with Crippen molar-refractivity contribution < 1.29 is 4.79 Å². The third-order valence-electron chi connectivity index (χ3n) is 2.99. The van der Waals surface area contributed by atoms with E-state index >= 15 is 0 Å². The number of rotatable bonds is 3. The van der Waals surface area contributed by atoms with E-state index in [1.54, 1.807) is 18.2 Å². The highest BCUT2D eigenvalue weighted by atomic mass is 35.5. The van der Waals surface area contributed by atoms with Crippen LogP contribution in [0, 0.1) is 0 Å². The van der Waals surface area contributed by atoms with Gasteiger partial charge in [0.25, 0.3) is 0 Å². The van der Waals surface area contributed by atoms with Crippen molar-refractivity contribution in [3.05, 3.63) is 59.1 Å². The zero-order chi connectivity index (χ0) is 13.8. The molecule has 1 atom stereocenters. The van der Waals surface area contributed by atoms with Gasteiger partial charge >= 0.3 is 0 Å². The molecule has 2 aromatic rings. The van der Waals surface area contributed by atoms with Gasteiger partial charge < -0.3 is 11.1 Å². The van der Waals surface area contributed by atoms with Crippen LogP contribution in [0.1, 0.15) is 18.4 Å². The van der Waals surface area contributed by atoms with Crippen LogP contribution < -0.4 is 11.1 Å². The van der Waals surface area contributed by atoms with Gasteiger partial charge in [-0.2, -0.15) is 0 Å². The number of carbonyl (C=O) groups excluding carboxylic acids is 1. The lowest BCUT2D eigenvalue weighted by molar-refractivity contribution is -0.117. The van der Waals surface area contributed by atoms with Crippen LogP contribution in [0.3, 0.4) is 0 Å². The van der Waals surface area contributed by atoms with E-state index in [9.17, 15) is 4.79 Å². The van der Waals surface area contributed by atoms with E-state index in [0.717, 1.165) is 5.56 Å². The number of hydrogen-bond acceptors (Lipinski definition) is 2. The van der Waals surface area contributed by atoms with Gasteiger partial charge in [0.15, 0.2) is 0 Å². The minimum absolute atomic E-state index is 0.133. The summed E-state index contributed by atoms with van der Waals surface area (Å²) in [6.07, 6.45) is 0. The Balaban J connectivity index is 2.18. The van der Waals surface area contributed by atoms with Crippen molar-refractivity contribution in [2.45, 2.75) is 12.8 Å². The Kier molecular flexibility index (Phi) is 4.07. The monoisotopic (exact) mass is 274 g/mol. The predicted molar refractivity (Wildman–Crippen MR) is 79.4 cm³/mol. The number of hydrogen-bond donors (Lipinski definition) is 2. The molecule has 0 fully saturated rings. The zero-order valence-electron chi connectivity index (χ0n) is 10.6. The number of anilines is 2. The van der Waals surface area contributed by atoms with Crippen LogP contribution in [0.4, 0.5) is 11.4 Å². The van der Waals surface area contributed by atoms with Crippen LogP contribution >= 0.6 is 11.6 Å². The highest BCUT2D eigenvalue weighted by Crippen LogP contribution is 2.29. The molecule has 0 aliphatic carbocycles. The maximum atomic E-state index is 12.2. The molecule has 2 rings (SSSR count). The highest BCUT2D eigenvalue weighted by molar-refractivity contribution is 6.34. The third kappa shape index (κ3) is 3.06. The topological polar surface area (TPSA) is 55.1 Å². The molecular formula is C15H15ClN2O. The maximum Gasteiger partial charge on any atom is 0.231 e. The van der Waals surface area contributed by atoms with Crippen LogP contribution in [0.25, 0.3) is 0 Å². The van der Waals surface area contributed by atoms with Crippen molar-refractivity contribution in [1.29, 1.82) is 0 Å². The molecule has 0 bridgehead atoms. The van der Waals surface area contributed by atoms with Gasteiger partial charge in [0.2, 0.25) is 5.91 Å². The summed E-state index contributed by atoms with van der Waals surface area (Å²) in [4.78, 5) is 12.2. The maximum absolute atomic E-state index is 12.2. The second-order valence-electron chi connectivity index (χ2n) is 4.33. The van der Waals surface area contributed by atoms with Gasteiger partial charge in [-0.1, -0.05) is 48.0 Å².